The van der Waals surface area contributed by atoms with E-state index in [4.69, 9.17) is 0 Å². The van der Waals surface area contributed by atoms with Crippen LogP contribution in [0.15, 0.2) is 72.2 Å². The second kappa shape index (κ2) is 12.4. The molecule has 0 aliphatic carbocycles. The van der Waals surface area contributed by atoms with Gasteiger partial charge in [-0.2, -0.15) is 5.10 Å². The molecule has 0 spiro atoms. The molecule has 5 heterocycles. The smallest absolute Gasteiger partial charge is 0.259 e. The Morgan fingerprint density at radius 3 is 2.79 bits per heavy atom. The van der Waals surface area contributed by atoms with Crippen molar-refractivity contribution in [3.63, 3.8) is 0 Å². The summed E-state index contributed by atoms with van der Waals surface area (Å²) in [6.45, 7) is 10.0. The average Bonchev–Trinajstić information content (AvgIpc) is 3.62. The van der Waals surface area contributed by atoms with Gasteiger partial charge in [0.15, 0.2) is 0 Å². The number of hydrogen-bond acceptors (Lipinski definition) is 6. The van der Waals surface area contributed by atoms with Gasteiger partial charge in [0.05, 0.1) is 11.6 Å². The number of anilines is 1. The maximum absolute atomic E-state index is 12.9. The van der Waals surface area contributed by atoms with Gasteiger partial charge >= 0.3 is 0 Å². The van der Waals surface area contributed by atoms with E-state index in [-0.39, 0.29) is 5.56 Å². The minimum atomic E-state index is -0.182. The van der Waals surface area contributed by atoms with Gasteiger partial charge in [0.2, 0.25) is 0 Å². The normalized spacial score (nSPS) is 18.1. The molecule has 200 valence electrons. The molecule has 38 heavy (non-hydrogen) atoms. The van der Waals surface area contributed by atoms with Crippen LogP contribution in [0.1, 0.15) is 38.5 Å². The van der Waals surface area contributed by atoms with E-state index >= 15 is 0 Å². The number of unbranched alkanes of at least 4 members (excludes halogenated alkanes) is 1. The van der Waals surface area contributed by atoms with E-state index in [0.717, 1.165) is 47.6 Å². The first-order chi connectivity index (χ1) is 18.6. The summed E-state index contributed by atoms with van der Waals surface area (Å²) in [6.07, 6.45) is 22.6. The molecular formula is C30H39N7O. The number of nitrogens with zero attached hydrogens (tertiary/aromatic N) is 5. The second-order valence-corrected chi connectivity index (χ2v) is 10.4. The standard InChI is InChI=1S/C30H39N7O/c1-3-9-24(10-5-4-6-15-36-18-12-25(13-19-36)37-16-7-8-17-37)34-29-28-26(11-14-31-29)27(21-32-30(28)38)23-20-33-35(2)22-23/h3,5,9-11,14,20-22,25H,1,4,6-8,12-13,15-19H2,2H3,(H,31,34)(H,32,38)/b10-5-,24-9+. The first-order valence-electron chi connectivity index (χ1n) is 13.8. The Kier molecular flexibility index (Phi) is 8.51. The number of likely N-dealkylation sites (tertiary alicyclic amines) is 2. The van der Waals surface area contributed by atoms with Crippen LogP contribution in [-0.4, -0.2) is 68.3 Å². The molecule has 3 aromatic heterocycles. The molecule has 8 nitrogen and oxygen atoms in total. The van der Waals surface area contributed by atoms with E-state index in [1.165, 1.54) is 51.9 Å². The molecule has 0 saturated carbocycles. The molecule has 5 rings (SSSR count). The highest BCUT2D eigenvalue weighted by Crippen LogP contribution is 2.29. The number of aromatic nitrogens is 4. The van der Waals surface area contributed by atoms with Gasteiger partial charge in [-0.05, 0) is 89.5 Å². The molecule has 2 saturated heterocycles. The first-order valence-corrected chi connectivity index (χ1v) is 13.8. The Labute approximate surface area is 224 Å². The van der Waals surface area contributed by atoms with Crippen LogP contribution in [0.25, 0.3) is 21.9 Å². The number of aromatic amines is 1. The number of rotatable bonds is 10. The molecule has 2 N–H and O–H groups in total. The summed E-state index contributed by atoms with van der Waals surface area (Å²) in [4.78, 5) is 25.5. The zero-order valence-corrected chi connectivity index (χ0v) is 22.4. The monoisotopic (exact) mass is 513 g/mol. The molecule has 3 aromatic rings. The fourth-order valence-electron chi connectivity index (χ4n) is 5.76. The van der Waals surface area contributed by atoms with Crippen LogP contribution in [0.3, 0.4) is 0 Å². The van der Waals surface area contributed by atoms with Crippen LogP contribution in [-0.2, 0) is 7.05 Å². The van der Waals surface area contributed by atoms with Gasteiger partial charge in [0.25, 0.3) is 5.56 Å². The van der Waals surface area contributed by atoms with Gasteiger partial charge in [-0.25, -0.2) is 4.98 Å². The van der Waals surface area contributed by atoms with Crippen molar-refractivity contribution in [2.45, 2.75) is 44.6 Å². The SMILES string of the molecule is C=C/C=C(\C=C/CCCN1CCC(N2CCCC2)CC1)Nc1nccc2c(-c3cnn(C)c3)c[nH]c(=O)c12. The summed E-state index contributed by atoms with van der Waals surface area (Å²) in [5, 5.41) is 8.98. The van der Waals surface area contributed by atoms with E-state index in [2.05, 4.69) is 48.9 Å². The highest BCUT2D eigenvalue weighted by atomic mass is 16.1. The van der Waals surface area contributed by atoms with Crippen LogP contribution >= 0.6 is 0 Å². The third-order valence-corrected chi connectivity index (χ3v) is 7.75. The number of nitrogens with one attached hydrogen (secondary N) is 2. The fraction of sp³-hybridized carbons (Fsp3) is 0.433. The van der Waals surface area contributed by atoms with E-state index < -0.39 is 0 Å². The highest BCUT2D eigenvalue weighted by molar-refractivity contribution is 6.01. The van der Waals surface area contributed by atoms with Crippen molar-refractivity contribution in [3.05, 3.63) is 77.8 Å². The second-order valence-electron chi connectivity index (χ2n) is 10.4. The maximum atomic E-state index is 12.9. The van der Waals surface area contributed by atoms with Crippen molar-refractivity contribution < 1.29 is 0 Å². The van der Waals surface area contributed by atoms with Gasteiger partial charge < -0.3 is 20.1 Å². The number of hydrogen-bond donors (Lipinski definition) is 2. The summed E-state index contributed by atoms with van der Waals surface area (Å²) >= 11 is 0. The van der Waals surface area contributed by atoms with Crippen molar-refractivity contribution in [1.29, 1.82) is 0 Å². The lowest BCUT2D eigenvalue weighted by atomic mass is 10.0. The van der Waals surface area contributed by atoms with Crippen LogP contribution in [0.4, 0.5) is 5.82 Å². The predicted octanol–water partition coefficient (Wildman–Crippen LogP) is 4.70. The van der Waals surface area contributed by atoms with Crippen molar-refractivity contribution in [2.75, 3.05) is 38.0 Å². The Hall–Kier alpha value is -3.49. The molecule has 2 fully saturated rings. The number of fused-ring (bicyclic) bond motifs is 1. The van der Waals surface area contributed by atoms with Crippen LogP contribution in [0.2, 0.25) is 0 Å². The Balaban J connectivity index is 1.20. The molecule has 2 aliphatic rings. The Morgan fingerprint density at radius 2 is 2.05 bits per heavy atom. The number of allylic oxidation sites excluding steroid dienone is 4. The largest absolute Gasteiger partial charge is 0.340 e. The molecule has 0 atom stereocenters. The van der Waals surface area contributed by atoms with Gasteiger partial charge in [-0.1, -0.05) is 18.7 Å². The number of pyridine rings is 2. The maximum Gasteiger partial charge on any atom is 0.259 e. The predicted molar refractivity (Wildman–Crippen MR) is 155 cm³/mol. The van der Waals surface area contributed by atoms with Gasteiger partial charge in [-0.15, -0.1) is 0 Å². The quantitative estimate of drug-likeness (QED) is 0.302. The van der Waals surface area contributed by atoms with Gasteiger partial charge in [0, 0.05) is 53.9 Å². The summed E-state index contributed by atoms with van der Waals surface area (Å²) in [5.41, 5.74) is 2.51. The van der Waals surface area contributed by atoms with E-state index in [0.29, 0.717) is 11.2 Å². The number of H-pyrrole nitrogens is 1. The molecule has 0 amide bonds. The van der Waals surface area contributed by atoms with Crippen molar-refractivity contribution in [3.8, 4) is 11.1 Å². The number of piperidine rings is 1. The van der Waals surface area contributed by atoms with Crippen molar-refractivity contribution in [1.82, 2.24) is 29.5 Å². The minimum absolute atomic E-state index is 0.182. The minimum Gasteiger partial charge on any atom is -0.340 e. The van der Waals surface area contributed by atoms with Crippen LogP contribution in [0.5, 0.6) is 0 Å². The van der Waals surface area contributed by atoms with E-state index in [9.17, 15) is 4.79 Å². The third kappa shape index (κ3) is 6.14. The molecule has 2 aliphatic heterocycles. The summed E-state index contributed by atoms with van der Waals surface area (Å²) in [7, 11) is 1.88. The Bertz CT molecular complexity index is 1350. The topological polar surface area (TPSA) is 82.1 Å². The molecule has 0 unspecified atom stereocenters. The summed E-state index contributed by atoms with van der Waals surface area (Å²) in [5.74, 6) is 0.521. The third-order valence-electron chi connectivity index (χ3n) is 7.75. The molecular weight excluding hydrogens is 474 g/mol. The lowest BCUT2D eigenvalue weighted by molar-refractivity contribution is 0.126. The average molecular weight is 514 g/mol. The fourth-order valence-corrected chi connectivity index (χ4v) is 5.76. The summed E-state index contributed by atoms with van der Waals surface area (Å²) < 4.78 is 1.75. The lowest BCUT2D eigenvalue weighted by Gasteiger charge is -2.36. The number of aryl methyl sites for hydroxylation is 1. The van der Waals surface area contributed by atoms with Gasteiger partial charge in [0.1, 0.15) is 5.82 Å². The van der Waals surface area contributed by atoms with Gasteiger partial charge in [-0.3, -0.25) is 9.48 Å². The molecule has 0 aromatic carbocycles. The first kappa shape index (κ1) is 26.1. The lowest BCUT2D eigenvalue weighted by Crippen LogP contribution is -2.43. The highest BCUT2D eigenvalue weighted by Gasteiger charge is 2.25. The summed E-state index contributed by atoms with van der Waals surface area (Å²) in [6, 6.07) is 2.68. The molecule has 0 radical (unpaired) electrons. The van der Waals surface area contributed by atoms with E-state index in [1.807, 2.05) is 25.4 Å². The molecule has 0 bridgehead atoms. The Morgan fingerprint density at radius 1 is 1.24 bits per heavy atom. The van der Waals surface area contributed by atoms with Crippen molar-refractivity contribution in [2.24, 2.45) is 7.05 Å². The molecule has 8 heteroatoms. The van der Waals surface area contributed by atoms with E-state index in [1.54, 1.807) is 29.3 Å². The van der Waals surface area contributed by atoms with Crippen LogP contribution in [0, 0.1) is 0 Å². The zero-order chi connectivity index (χ0) is 26.3. The zero-order valence-electron chi connectivity index (χ0n) is 22.4. The van der Waals surface area contributed by atoms with Crippen molar-refractivity contribution >= 4 is 16.6 Å². The van der Waals surface area contributed by atoms with Crippen LogP contribution < -0.4 is 10.9 Å².